The predicted molar refractivity (Wildman–Crippen MR) is 122 cm³/mol. The van der Waals surface area contributed by atoms with Gasteiger partial charge in [0.1, 0.15) is 5.75 Å². The molecule has 8 nitrogen and oxygen atoms in total. The van der Waals surface area contributed by atoms with Crippen LogP contribution >= 0.6 is 0 Å². The van der Waals surface area contributed by atoms with Crippen LogP contribution in [0.2, 0.25) is 0 Å². The molecule has 0 amide bonds. The van der Waals surface area contributed by atoms with E-state index in [0.29, 0.717) is 29.4 Å². The van der Waals surface area contributed by atoms with Gasteiger partial charge in [-0.25, -0.2) is 0 Å². The first kappa shape index (κ1) is 22.9. The highest BCUT2D eigenvalue weighted by atomic mass is 16.6. The fraction of sp³-hybridized carbons (Fsp3) is 0.250. The van der Waals surface area contributed by atoms with Crippen molar-refractivity contribution in [1.82, 2.24) is 0 Å². The minimum Gasteiger partial charge on any atom is -0.497 e. The second-order valence-corrected chi connectivity index (χ2v) is 7.14. The van der Waals surface area contributed by atoms with Crippen LogP contribution in [-0.4, -0.2) is 31.4 Å². The molecule has 0 aliphatic heterocycles. The third-order valence-electron chi connectivity index (χ3n) is 5.19. The molecule has 32 heavy (non-hydrogen) atoms. The lowest BCUT2D eigenvalue weighted by Crippen LogP contribution is -2.15. The number of nitrogens with zero attached hydrogens (tertiary/aromatic N) is 1. The molecular weight excluding hydrogens is 412 g/mol. The SMILES string of the molecule is COc1ccc(C(O)CC(Nc2ccc([N+](=O)[O-])cc2)c2ccc(OC)c(OC)c2)cc1. The van der Waals surface area contributed by atoms with Gasteiger partial charge >= 0.3 is 0 Å². The molecule has 0 heterocycles. The molecule has 0 aromatic heterocycles. The van der Waals surface area contributed by atoms with E-state index in [4.69, 9.17) is 14.2 Å². The highest BCUT2D eigenvalue weighted by Gasteiger charge is 2.20. The smallest absolute Gasteiger partial charge is 0.269 e. The van der Waals surface area contributed by atoms with E-state index < -0.39 is 11.0 Å². The first-order valence-electron chi connectivity index (χ1n) is 10.00. The average molecular weight is 438 g/mol. The molecule has 168 valence electrons. The number of methoxy groups -OCH3 is 3. The maximum Gasteiger partial charge on any atom is 0.269 e. The van der Waals surface area contributed by atoms with E-state index in [0.717, 1.165) is 11.1 Å². The van der Waals surface area contributed by atoms with Gasteiger partial charge in [-0.05, 0) is 47.5 Å². The van der Waals surface area contributed by atoms with Gasteiger partial charge in [0.15, 0.2) is 11.5 Å². The third-order valence-corrected chi connectivity index (χ3v) is 5.19. The maximum absolute atomic E-state index is 11.0. The molecule has 2 N–H and O–H groups in total. The van der Waals surface area contributed by atoms with Crippen LogP contribution in [0.4, 0.5) is 11.4 Å². The molecule has 0 saturated carbocycles. The van der Waals surface area contributed by atoms with E-state index in [1.54, 1.807) is 51.7 Å². The average Bonchev–Trinajstić information content (AvgIpc) is 2.83. The molecule has 2 unspecified atom stereocenters. The second-order valence-electron chi connectivity index (χ2n) is 7.14. The van der Waals surface area contributed by atoms with Gasteiger partial charge in [-0.15, -0.1) is 0 Å². The van der Waals surface area contributed by atoms with Gasteiger partial charge in [0.05, 0.1) is 38.4 Å². The molecule has 2 atom stereocenters. The molecule has 3 aromatic carbocycles. The van der Waals surface area contributed by atoms with Gasteiger partial charge in [0.25, 0.3) is 5.69 Å². The third kappa shape index (κ3) is 5.47. The minimum atomic E-state index is -0.760. The lowest BCUT2D eigenvalue weighted by atomic mass is 9.96. The summed E-state index contributed by atoms with van der Waals surface area (Å²) in [6, 6.07) is 18.6. The van der Waals surface area contributed by atoms with Crippen molar-refractivity contribution in [3.8, 4) is 17.2 Å². The van der Waals surface area contributed by atoms with E-state index >= 15 is 0 Å². The lowest BCUT2D eigenvalue weighted by Gasteiger charge is -2.24. The van der Waals surface area contributed by atoms with Gasteiger partial charge < -0.3 is 24.6 Å². The van der Waals surface area contributed by atoms with E-state index in [-0.39, 0.29) is 11.7 Å². The number of non-ortho nitro benzene ring substituents is 1. The quantitative estimate of drug-likeness (QED) is 0.343. The summed E-state index contributed by atoms with van der Waals surface area (Å²) >= 11 is 0. The van der Waals surface area contributed by atoms with Crippen LogP contribution in [0.25, 0.3) is 0 Å². The van der Waals surface area contributed by atoms with Gasteiger partial charge in [0.2, 0.25) is 0 Å². The fourth-order valence-electron chi connectivity index (χ4n) is 3.41. The molecular formula is C24H26N2O6. The largest absolute Gasteiger partial charge is 0.497 e. The Balaban J connectivity index is 1.89. The highest BCUT2D eigenvalue weighted by molar-refractivity contribution is 5.52. The fourth-order valence-corrected chi connectivity index (χ4v) is 3.41. The van der Waals surface area contributed by atoms with E-state index in [2.05, 4.69) is 5.32 Å². The van der Waals surface area contributed by atoms with Crippen molar-refractivity contribution in [1.29, 1.82) is 0 Å². The van der Waals surface area contributed by atoms with Crippen LogP contribution < -0.4 is 19.5 Å². The molecule has 3 aromatic rings. The Morgan fingerprint density at radius 3 is 2.06 bits per heavy atom. The summed E-state index contributed by atoms with van der Waals surface area (Å²) in [4.78, 5) is 10.5. The van der Waals surface area contributed by atoms with Crippen molar-refractivity contribution in [2.45, 2.75) is 18.6 Å². The van der Waals surface area contributed by atoms with Crippen molar-refractivity contribution < 1.29 is 24.2 Å². The van der Waals surface area contributed by atoms with Gasteiger partial charge in [0, 0.05) is 24.2 Å². The standard InChI is InChI=1S/C24H26N2O6/c1-30-20-11-4-16(5-12-20)22(27)15-21(17-6-13-23(31-2)24(14-17)32-3)25-18-7-9-19(10-8-18)26(28)29/h4-14,21-22,25,27H,15H2,1-3H3. The number of aliphatic hydroxyl groups excluding tert-OH is 1. The van der Waals surface area contributed by atoms with Gasteiger partial charge in [-0.1, -0.05) is 18.2 Å². The zero-order valence-corrected chi connectivity index (χ0v) is 18.1. The van der Waals surface area contributed by atoms with Gasteiger partial charge in [-0.2, -0.15) is 0 Å². The number of nitro benzene ring substituents is 1. The zero-order valence-electron chi connectivity index (χ0n) is 18.1. The molecule has 0 aliphatic carbocycles. The summed E-state index contributed by atoms with van der Waals surface area (Å²) < 4.78 is 15.9. The number of ether oxygens (including phenoxy) is 3. The summed E-state index contributed by atoms with van der Waals surface area (Å²) in [7, 11) is 4.72. The molecule has 0 radical (unpaired) electrons. The Bertz CT molecular complexity index is 1040. The van der Waals surface area contributed by atoms with Crippen LogP contribution in [0.15, 0.2) is 66.7 Å². The van der Waals surface area contributed by atoms with Crippen LogP contribution in [0, 0.1) is 10.1 Å². The Labute approximate surface area is 186 Å². The molecule has 3 rings (SSSR count). The predicted octanol–water partition coefficient (Wildman–Crippen LogP) is 4.90. The van der Waals surface area contributed by atoms with Crippen LogP contribution in [0.3, 0.4) is 0 Å². The molecule has 0 fully saturated rings. The molecule has 0 spiro atoms. The van der Waals surface area contributed by atoms with E-state index in [1.807, 2.05) is 24.3 Å². The van der Waals surface area contributed by atoms with E-state index in [1.165, 1.54) is 12.1 Å². The normalized spacial score (nSPS) is 12.5. The molecule has 0 bridgehead atoms. The Morgan fingerprint density at radius 2 is 1.50 bits per heavy atom. The first-order chi connectivity index (χ1) is 15.4. The number of anilines is 1. The van der Waals surface area contributed by atoms with Crippen molar-refractivity contribution in [2.24, 2.45) is 0 Å². The summed E-state index contributed by atoms with van der Waals surface area (Å²) in [5.41, 5.74) is 2.32. The summed E-state index contributed by atoms with van der Waals surface area (Å²) in [6.07, 6.45) is -0.414. The van der Waals surface area contributed by atoms with Crippen LogP contribution in [0.1, 0.15) is 29.7 Å². The summed E-state index contributed by atoms with van der Waals surface area (Å²) in [5.74, 6) is 1.88. The summed E-state index contributed by atoms with van der Waals surface area (Å²) in [6.45, 7) is 0. The number of aliphatic hydroxyl groups is 1. The Hall–Kier alpha value is -3.78. The number of benzene rings is 3. The Morgan fingerprint density at radius 1 is 0.875 bits per heavy atom. The van der Waals surface area contributed by atoms with E-state index in [9.17, 15) is 15.2 Å². The van der Waals surface area contributed by atoms with Crippen molar-refractivity contribution in [3.05, 3.63) is 88.0 Å². The van der Waals surface area contributed by atoms with Crippen molar-refractivity contribution in [3.63, 3.8) is 0 Å². The summed E-state index contributed by atoms with van der Waals surface area (Å²) in [5, 5.41) is 25.2. The second kappa shape index (κ2) is 10.5. The minimum absolute atomic E-state index is 0.0106. The molecule has 0 saturated heterocycles. The van der Waals surface area contributed by atoms with Crippen molar-refractivity contribution in [2.75, 3.05) is 26.6 Å². The molecule has 0 aliphatic rings. The number of nitrogens with one attached hydrogen (secondary N) is 1. The van der Waals surface area contributed by atoms with Crippen LogP contribution in [-0.2, 0) is 0 Å². The molecule has 8 heteroatoms. The topological polar surface area (TPSA) is 103 Å². The number of hydrogen-bond donors (Lipinski definition) is 2. The van der Waals surface area contributed by atoms with Crippen molar-refractivity contribution >= 4 is 11.4 Å². The number of hydrogen-bond acceptors (Lipinski definition) is 7. The zero-order chi connectivity index (χ0) is 23.1. The van der Waals surface area contributed by atoms with Gasteiger partial charge in [-0.3, -0.25) is 10.1 Å². The number of nitro groups is 1. The number of rotatable bonds is 10. The highest BCUT2D eigenvalue weighted by Crippen LogP contribution is 2.35. The Kier molecular flexibility index (Phi) is 7.51. The lowest BCUT2D eigenvalue weighted by molar-refractivity contribution is -0.384. The first-order valence-corrected chi connectivity index (χ1v) is 10.00. The monoisotopic (exact) mass is 438 g/mol. The van der Waals surface area contributed by atoms with Crippen LogP contribution in [0.5, 0.6) is 17.2 Å². The maximum atomic E-state index is 11.0.